The highest BCUT2D eigenvalue weighted by Gasteiger charge is 2.26. The summed E-state index contributed by atoms with van der Waals surface area (Å²) in [5.74, 6) is 1.41. The van der Waals surface area contributed by atoms with Crippen molar-refractivity contribution in [3.8, 4) is 10.8 Å². The molecule has 0 saturated carbocycles. The summed E-state index contributed by atoms with van der Waals surface area (Å²) in [7, 11) is 0. The number of thiazole rings is 1. The van der Waals surface area contributed by atoms with Crippen LogP contribution in [0, 0.1) is 19.8 Å². The number of nitrogens with one attached hydrogen (secondary N) is 2. The molecule has 1 saturated heterocycles. The lowest BCUT2D eigenvalue weighted by Gasteiger charge is -2.13. The van der Waals surface area contributed by atoms with Gasteiger partial charge < -0.3 is 20.2 Å². The summed E-state index contributed by atoms with van der Waals surface area (Å²) in [4.78, 5) is 17.3. The highest BCUT2D eigenvalue weighted by atomic mass is 35.5. The third-order valence-corrected chi connectivity index (χ3v) is 4.95. The fraction of sp³-hybridized carbons (Fsp3) is 0.467. The zero-order valence-corrected chi connectivity index (χ0v) is 15.8. The van der Waals surface area contributed by atoms with E-state index in [4.69, 9.17) is 4.42 Å². The topological polar surface area (TPSA) is 87.4 Å². The number of nitrogens with zero attached hydrogens (tertiary/aromatic N) is 1. The second-order valence-electron chi connectivity index (χ2n) is 5.54. The van der Waals surface area contributed by atoms with Crippen molar-refractivity contribution in [2.24, 2.45) is 5.92 Å². The smallest absolute Gasteiger partial charge is 0.263 e. The Balaban J connectivity index is 0.00000144. The molecule has 2 atom stereocenters. The van der Waals surface area contributed by atoms with E-state index in [2.05, 4.69) is 15.6 Å². The molecule has 2 unspecified atom stereocenters. The number of β-amino-alcohol motifs (C(OH)–C–C–N with tert-alkyl or cyclic N) is 1. The Morgan fingerprint density at radius 2 is 2.17 bits per heavy atom. The van der Waals surface area contributed by atoms with E-state index in [0.29, 0.717) is 34.4 Å². The largest absolute Gasteiger partial charge is 0.459 e. The Hall–Kier alpha value is -1.12. The minimum atomic E-state index is -0.399. The van der Waals surface area contributed by atoms with E-state index in [-0.39, 0.29) is 36.6 Å². The molecule has 1 fully saturated rings. The van der Waals surface area contributed by atoms with Gasteiger partial charge in [0.25, 0.3) is 5.91 Å². The van der Waals surface area contributed by atoms with Crippen molar-refractivity contribution in [3.63, 3.8) is 0 Å². The first kappa shape index (κ1) is 20.9. The summed E-state index contributed by atoms with van der Waals surface area (Å²) in [5, 5.41) is 16.4. The number of hydrogen-bond acceptors (Lipinski definition) is 6. The first-order chi connectivity index (χ1) is 10.5. The number of aryl methyl sites for hydroxylation is 2. The monoisotopic (exact) mass is 393 g/mol. The highest BCUT2D eigenvalue weighted by molar-refractivity contribution is 7.17. The Morgan fingerprint density at radius 1 is 1.42 bits per heavy atom. The molecule has 0 aromatic carbocycles. The standard InChI is InChI=1S/C15H19N3O3S.2ClH/c1-8-3-4-12(21-8)15-18-9(2)13(22-15)14(20)17-6-10-5-16-7-11(10)19;;/h3-4,10-11,16,19H,5-7H2,1-2H3,(H,17,20);2*1H. The van der Waals surface area contributed by atoms with Gasteiger partial charge in [0, 0.05) is 25.6 Å². The summed E-state index contributed by atoms with van der Waals surface area (Å²) in [6.07, 6.45) is -0.399. The van der Waals surface area contributed by atoms with Crippen LogP contribution in [0.25, 0.3) is 10.8 Å². The second kappa shape index (κ2) is 8.82. The van der Waals surface area contributed by atoms with Gasteiger partial charge in [-0.2, -0.15) is 0 Å². The number of aliphatic hydroxyl groups is 1. The molecule has 1 amide bonds. The molecular formula is C15H21Cl2N3O3S. The number of aromatic nitrogens is 1. The number of hydrogen-bond donors (Lipinski definition) is 3. The van der Waals surface area contributed by atoms with E-state index < -0.39 is 6.10 Å². The lowest BCUT2D eigenvalue weighted by atomic mass is 10.1. The van der Waals surface area contributed by atoms with Gasteiger partial charge in [-0.15, -0.1) is 36.2 Å². The zero-order chi connectivity index (χ0) is 15.7. The van der Waals surface area contributed by atoms with E-state index in [9.17, 15) is 9.90 Å². The van der Waals surface area contributed by atoms with Gasteiger partial charge in [0.1, 0.15) is 10.6 Å². The molecule has 0 aliphatic carbocycles. The predicted molar refractivity (Wildman–Crippen MR) is 98.5 cm³/mol. The number of aliphatic hydroxyl groups excluding tert-OH is 1. The van der Waals surface area contributed by atoms with Crippen LogP contribution in [0.4, 0.5) is 0 Å². The van der Waals surface area contributed by atoms with Crippen molar-refractivity contribution in [1.82, 2.24) is 15.6 Å². The van der Waals surface area contributed by atoms with Crippen LogP contribution in [0.15, 0.2) is 16.5 Å². The van der Waals surface area contributed by atoms with Crippen molar-refractivity contribution in [1.29, 1.82) is 0 Å². The number of rotatable bonds is 4. The summed E-state index contributed by atoms with van der Waals surface area (Å²) in [5.41, 5.74) is 0.691. The minimum absolute atomic E-state index is 0. The van der Waals surface area contributed by atoms with Crippen LogP contribution in [0.3, 0.4) is 0 Å². The lowest BCUT2D eigenvalue weighted by Crippen LogP contribution is -2.34. The molecule has 3 heterocycles. The van der Waals surface area contributed by atoms with Crippen molar-refractivity contribution in [2.75, 3.05) is 19.6 Å². The van der Waals surface area contributed by atoms with E-state index in [1.54, 1.807) is 0 Å². The van der Waals surface area contributed by atoms with Crippen LogP contribution in [0.1, 0.15) is 21.1 Å². The molecule has 3 N–H and O–H groups in total. The maximum Gasteiger partial charge on any atom is 0.263 e. The van der Waals surface area contributed by atoms with Crippen LogP contribution in [0.2, 0.25) is 0 Å². The highest BCUT2D eigenvalue weighted by Crippen LogP contribution is 2.29. The number of carbonyl (C=O) groups is 1. The van der Waals surface area contributed by atoms with Gasteiger partial charge in [-0.25, -0.2) is 4.98 Å². The Morgan fingerprint density at radius 3 is 2.75 bits per heavy atom. The molecule has 6 nitrogen and oxygen atoms in total. The first-order valence-corrected chi connectivity index (χ1v) is 8.07. The Kier molecular flexibility index (Phi) is 7.69. The van der Waals surface area contributed by atoms with E-state index in [1.807, 2.05) is 26.0 Å². The average molecular weight is 394 g/mol. The SMILES string of the molecule is Cc1ccc(-c2nc(C)c(C(=O)NCC3CNCC3O)s2)o1.Cl.Cl. The van der Waals surface area contributed by atoms with Crippen molar-refractivity contribution < 1.29 is 14.3 Å². The molecule has 0 radical (unpaired) electrons. The maximum atomic E-state index is 12.3. The van der Waals surface area contributed by atoms with Crippen molar-refractivity contribution >= 4 is 42.1 Å². The molecule has 1 aliphatic heterocycles. The minimum Gasteiger partial charge on any atom is -0.459 e. The Labute approximate surface area is 156 Å². The molecule has 0 spiro atoms. The van der Waals surface area contributed by atoms with Gasteiger partial charge in [0.15, 0.2) is 10.8 Å². The average Bonchev–Trinajstić information content (AvgIpc) is 3.17. The number of amides is 1. The molecule has 1 aliphatic rings. The quantitative estimate of drug-likeness (QED) is 0.740. The fourth-order valence-electron chi connectivity index (χ4n) is 2.49. The van der Waals surface area contributed by atoms with E-state index >= 15 is 0 Å². The van der Waals surface area contributed by atoms with Gasteiger partial charge in [0.05, 0.1) is 11.8 Å². The normalized spacial score (nSPS) is 19.5. The predicted octanol–water partition coefficient (Wildman–Crippen LogP) is 2.17. The number of carbonyl (C=O) groups excluding carboxylic acids is 1. The molecular weight excluding hydrogens is 373 g/mol. The van der Waals surface area contributed by atoms with Gasteiger partial charge in [-0.1, -0.05) is 0 Å². The van der Waals surface area contributed by atoms with Crippen LogP contribution < -0.4 is 10.6 Å². The molecule has 24 heavy (non-hydrogen) atoms. The molecule has 0 bridgehead atoms. The maximum absolute atomic E-state index is 12.3. The van der Waals surface area contributed by atoms with Crippen LogP contribution in [-0.4, -0.2) is 41.7 Å². The molecule has 134 valence electrons. The fourth-order valence-corrected chi connectivity index (χ4v) is 3.44. The van der Waals surface area contributed by atoms with Gasteiger partial charge in [-0.05, 0) is 26.0 Å². The zero-order valence-electron chi connectivity index (χ0n) is 13.4. The van der Waals surface area contributed by atoms with Gasteiger partial charge >= 0.3 is 0 Å². The Bertz CT molecular complexity index is 689. The van der Waals surface area contributed by atoms with Crippen molar-refractivity contribution in [3.05, 3.63) is 28.5 Å². The van der Waals surface area contributed by atoms with Crippen LogP contribution in [-0.2, 0) is 0 Å². The van der Waals surface area contributed by atoms with Crippen LogP contribution in [0.5, 0.6) is 0 Å². The number of furan rings is 1. The summed E-state index contributed by atoms with van der Waals surface area (Å²) < 4.78 is 5.55. The molecule has 3 rings (SSSR count). The summed E-state index contributed by atoms with van der Waals surface area (Å²) in [6, 6.07) is 3.73. The van der Waals surface area contributed by atoms with E-state index in [0.717, 1.165) is 12.3 Å². The van der Waals surface area contributed by atoms with Crippen molar-refractivity contribution in [2.45, 2.75) is 20.0 Å². The third-order valence-electron chi connectivity index (χ3n) is 3.78. The van der Waals surface area contributed by atoms with Gasteiger partial charge in [0.2, 0.25) is 0 Å². The summed E-state index contributed by atoms with van der Waals surface area (Å²) in [6.45, 7) is 5.46. The second-order valence-corrected chi connectivity index (χ2v) is 6.54. The van der Waals surface area contributed by atoms with Gasteiger partial charge in [-0.3, -0.25) is 4.79 Å². The molecule has 2 aromatic heterocycles. The third kappa shape index (κ3) is 4.49. The molecule has 9 heteroatoms. The molecule has 2 aromatic rings. The lowest BCUT2D eigenvalue weighted by molar-refractivity contribution is 0.0930. The first-order valence-electron chi connectivity index (χ1n) is 7.26. The number of halogens is 2. The summed E-state index contributed by atoms with van der Waals surface area (Å²) >= 11 is 1.32. The van der Waals surface area contributed by atoms with Crippen LogP contribution >= 0.6 is 36.2 Å². The van der Waals surface area contributed by atoms with E-state index in [1.165, 1.54) is 11.3 Å².